The number of benzene rings is 2. The predicted octanol–water partition coefficient (Wildman–Crippen LogP) is 3.45. The van der Waals surface area contributed by atoms with Crippen molar-refractivity contribution in [3.05, 3.63) is 59.8 Å². The highest BCUT2D eigenvalue weighted by atomic mass is 16.5. The average Bonchev–Trinajstić information content (AvgIpc) is 3.00. The van der Waals surface area contributed by atoms with Gasteiger partial charge in [0, 0.05) is 12.5 Å². The summed E-state index contributed by atoms with van der Waals surface area (Å²) < 4.78 is 7.11. The Kier molecular flexibility index (Phi) is 3.93. The maximum absolute atomic E-state index is 12.0. The molecular weight excluding hydrogens is 290 g/mol. The third kappa shape index (κ3) is 2.73. The molecule has 0 spiro atoms. The van der Waals surface area contributed by atoms with Crippen LogP contribution >= 0.6 is 0 Å². The number of methoxy groups -OCH3 is 1. The van der Waals surface area contributed by atoms with Gasteiger partial charge in [0.15, 0.2) is 11.5 Å². The van der Waals surface area contributed by atoms with E-state index in [0.717, 1.165) is 16.8 Å². The third-order valence-corrected chi connectivity index (χ3v) is 3.61. The second-order valence-electron chi connectivity index (χ2n) is 5.30. The molecule has 5 nitrogen and oxygen atoms in total. The van der Waals surface area contributed by atoms with E-state index in [1.54, 1.807) is 11.8 Å². The Balaban J connectivity index is 2.30. The van der Waals surface area contributed by atoms with E-state index in [1.807, 2.05) is 55.5 Å². The Morgan fingerprint density at radius 1 is 1.13 bits per heavy atom. The monoisotopic (exact) mass is 307 g/mol. The number of Topliss-reactive ketones (excluding diaryl/α,β-unsaturated/α-hetero) is 1. The third-order valence-electron chi connectivity index (χ3n) is 3.61. The number of aryl methyl sites for hydroxylation is 1. The SMILES string of the molecule is COc1ccc(C)cc1-n1nnc(C(C)=O)c1-c1ccccc1. The van der Waals surface area contributed by atoms with Gasteiger partial charge >= 0.3 is 0 Å². The molecule has 0 aliphatic carbocycles. The summed E-state index contributed by atoms with van der Waals surface area (Å²) in [4.78, 5) is 12.0. The van der Waals surface area contributed by atoms with Gasteiger partial charge in [-0.25, -0.2) is 4.68 Å². The zero-order chi connectivity index (χ0) is 16.4. The standard InChI is InChI=1S/C18H17N3O2/c1-12-9-10-16(23-3)15(11-12)21-18(14-7-5-4-6-8-14)17(13(2)22)19-20-21/h4-11H,1-3H3. The van der Waals surface area contributed by atoms with Gasteiger partial charge in [-0.2, -0.15) is 0 Å². The molecule has 0 radical (unpaired) electrons. The molecule has 23 heavy (non-hydrogen) atoms. The van der Waals surface area contributed by atoms with Crippen LogP contribution in [0.3, 0.4) is 0 Å². The molecule has 0 amide bonds. The molecule has 0 fully saturated rings. The second kappa shape index (κ2) is 6.04. The van der Waals surface area contributed by atoms with Gasteiger partial charge in [-0.05, 0) is 24.6 Å². The van der Waals surface area contributed by atoms with Crippen molar-refractivity contribution in [1.29, 1.82) is 0 Å². The normalized spacial score (nSPS) is 10.6. The molecule has 116 valence electrons. The maximum atomic E-state index is 12.0. The van der Waals surface area contributed by atoms with Crippen LogP contribution in [0.25, 0.3) is 16.9 Å². The lowest BCUT2D eigenvalue weighted by molar-refractivity contribution is 0.101. The molecule has 0 aliphatic rings. The maximum Gasteiger partial charge on any atom is 0.182 e. The van der Waals surface area contributed by atoms with E-state index in [-0.39, 0.29) is 5.78 Å². The topological polar surface area (TPSA) is 57.0 Å². The van der Waals surface area contributed by atoms with Crippen molar-refractivity contribution in [2.75, 3.05) is 7.11 Å². The summed E-state index contributed by atoms with van der Waals surface area (Å²) in [7, 11) is 1.61. The van der Waals surface area contributed by atoms with Gasteiger partial charge in [0.25, 0.3) is 0 Å². The molecule has 0 saturated heterocycles. The molecule has 1 aromatic heterocycles. The van der Waals surface area contributed by atoms with Crippen LogP contribution in [0.2, 0.25) is 0 Å². The van der Waals surface area contributed by atoms with E-state index < -0.39 is 0 Å². The average molecular weight is 307 g/mol. The van der Waals surface area contributed by atoms with Gasteiger partial charge in [-0.15, -0.1) is 5.10 Å². The number of carbonyl (C=O) groups excluding carboxylic acids is 1. The van der Waals surface area contributed by atoms with Crippen molar-refractivity contribution < 1.29 is 9.53 Å². The van der Waals surface area contributed by atoms with Gasteiger partial charge in [-0.3, -0.25) is 4.79 Å². The second-order valence-corrected chi connectivity index (χ2v) is 5.30. The summed E-state index contributed by atoms with van der Waals surface area (Å²) in [5.41, 5.74) is 3.72. The summed E-state index contributed by atoms with van der Waals surface area (Å²) in [5.74, 6) is 0.550. The fourth-order valence-electron chi connectivity index (χ4n) is 2.51. The van der Waals surface area contributed by atoms with E-state index in [4.69, 9.17) is 4.74 Å². The summed E-state index contributed by atoms with van der Waals surface area (Å²) in [6.07, 6.45) is 0. The predicted molar refractivity (Wildman–Crippen MR) is 88.1 cm³/mol. The van der Waals surface area contributed by atoms with Crippen LogP contribution in [0.5, 0.6) is 5.75 Å². The smallest absolute Gasteiger partial charge is 0.182 e. The Bertz CT molecular complexity index is 854. The molecule has 3 rings (SSSR count). The van der Waals surface area contributed by atoms with Crippen LogP contribution in [-0.4, -0.2) is 27.9 Å². The van der Waals surface area contributed by atoms with E-state index in [0.29, 0.717) is 17.1 Å². The van der Waals surface area contributed by atoms with Crippen LogP contribution in [0.15, 0.2) is 48.5 Å². The minimum Gasteiger partial charge on any atom is -0.494 e. The molecule has 2 aromatic carbocycles. The van der Waals surface area contributed by atoms with Gasteiger partial charge < -0.3 is 4.74 Å². The minimum atomic E-state index is -0.123. The Morgan fingerprint density at radius 2 is 1.87 bits per heavy atom. The number of carbonyl (C=O) groups is 1. The van der Waals surface area contributed by atoms with Crippen molar-refractivity contribution in [1.82, 2.24) is 15.0 Å². The highest BCUT2D eigenvalue weighted by Crippen LogP contribution is 2.30. The molecule has 3 aromatic rings. The summed E-state index contributed by atoms with van der Waals surface area (Å²) in [6, 6.07) is 15.5. The summed E-state index contributed by atoms with van der Waals surface area (Å²) in [6.45, 7) is 3.49. The molecule has 0 bridgehead atoms. The molecule has 0 saturated carbocycles. The van der Waals surface area contributed by atoms with Crippen molar-refractivity contribution in [3.63, 3.8) is 0 Å². The first-order chi connectivity index (χ1) is 11.1. The quantitative estimate of drug-likeness (QED) is 0.693. The van der Waals surface area contributed by atoms with E-state index in [1.165, 1.54) is 6.92 Å². The number of nitrogens with zero attached hydrogens (tertiary/aromatic N) is 3. The number of ketones is 1. The van der Waals surface area contributed by atoms with Gasteiger partial charge in [0.2, 0.25) is 0 Å². The van der Waals surface area contributed by atoms with Gasteiger partial charge in [0.1, 0.15) is 17.1 Å². The van der Waals surface area contributed by atoms with Crippen molar-refractivity contribution in [2.24, 2.45) is 0 Å². The fourth-order valence-corrected chi connectivity index (χ4v) is 2.51. The highest BCUT2D eigenvalue weighted by molar-refractivity contribution is 5.98. The first-order valence-electron chi connectivity index (χ1n) is 7.29. The number of rotatable bonds is 4. The van der Waals surface area contributed by atoms with E-state index in [9.17, 15) is 4.79 Å². The van der Waals surface area contributed by atoms with E-state index >= 15 is 0 Å². The fraction of sp³-hybridized carbons (Fsp3) is 0.167. The Morgan fingerprint density at radius 3 is 2.52 bits per heavy atom. The van der Waals surface area contributed by atoms with Crippen molar-refractivity contribution in [2.45, 2.75) is 13.8 Å². The summed E-state index contributed by atoms with van der Waals surface area (Å²) in [5, 5.41) is 8.28. The van der Waals surface area contributed by atoms with E-state index in [2.05, 4.69) is 10.3 Å². The van der Waals surface area contributed by atoms with Crippen LogP contribution in [0.4, 0.5) is 0 Å². The Hall–Kier alpha value is -2.95. The molecule has 0 unspecified atom stereocenters. The van der Waals surface area contributed by atoms with Crippen LogP contribution < -0.4 is 4.74 Å². The highest BCUT2D eigenvalue weighted by Gasteiger charge is 2.21. The molecule has 5 heteroatoms. The van der Waals surface area contributed by atoms with Crippen LogP contribution in [0.1, 0.15) is 23.0 Å². The number of hydrogen-bond acceptors (Lipinski definition) is 4. The van der Waals surface area contributed by atoms with Crippen molar-refractivity contribution in [3.8, 4) is 22.7 Å². The number of hydrogen-bond donors (Lipinski definition) is 0. The molecule has 1 heterocycles. The van der Waals surface area contributed by atoms with Gasteiger partial charge in [-0.1, -0.05) is 41.6 Å². The summed E-state index contributed by atoms with van der Waals surface area (Å²) >= 11 is 0. The molecule has 0 aliphatic heterocycles. The Labute approximate surface area is 134 Å². The minimum absolute atomic E-state index is 0.123. The molecule has 0 N–H and O–H groups in total. The lowest BCUT2D eigenvalue weighted by Gasteiger charge is -2.12. The molecular formula is C18H17N3O2. The first-order valence-corrected chi connectivity index (χ1v) is 7.29. The first kappa shape index (κ1) is 15.0. The number of aromatic nitrogens is 3. The molecule has 0 atom stereocenters. The van der Waals surface area contributed by atoms with Crippen LogP contribution in [0, 0.1) is 6.92 Å². The number of ether oxygens (including phenoxy) is 1. The van der Waals surface area contributed by atoms with Crippen LogP contribution in [-0.2, 0) is 0 Å². The lowest BCUT2D eigenvalue weighted by Crippen LogP contribution is -2.04. The van der Waals surface area contributed by atoms with Gasteiger partial charge in [0.05, 0.1) is 7.11 Å². The zero-order valence-electron chi connectivity index (χ0n) is 13.3. The lowest BCUT2D eigenvalue weighted by atomic mass is 10.1. The largest absolute Gasteiger partial charge is 0.494 e. The zero-order valence-corrected chi connectivity index (χ0v) is 13.3. The van der Waals surface area contributed by atoms with Crippen molar-refractivity contribution >= 4 is 5.78 Å².